The minimum atomic E-state index is -0.243. The Balaban J connectivity index is 1.90. The molecular weight excluding hydrogens is 460 g/mol. The molecule has 1 aliphatic heterocycles. The Bertz CT molecular complexity index is 924. The zero-order chi connectivity index (χ0) is 18.3. The minimum Gasteiger partial charge on any atom is -0.508 e. The van der Waals surface area contributed by atoms with Crippen LogP contribution in [0, 0.1) is 0 Å². The highest BCUT2D eigenvalue weighted by Crippen LogP contribution is 2.54. The molecular formula is C21H16Br2O3. The Morgan fingerprint density at radius 1 is 0.808 bits per heavy atom. The smallest absolute Gasteiger partial charge is 0.135 e. The molecule has 1 aliphatic rings. The van der Waals surface area contributed by atoms with Crippen molar-refractivity contribution in [1.29, 1.82) is 0 Å². The molecule has 2 atom stereocenters. The van der Waals surface area contributed by atoms with Crippen LogP contribution in [0.2, 0.25) is 0 Å². The van der Waals surface area contributed by atoms with Crippen LogP contribution >= 0.6 is 31.9 Å². The van der Waals surface area contributed by atoms with Gasteiger partial charge in [-0.25, -0.2) is 0 Å². The first kappa shape index (κ1) is 17.4. The van der Waals surface area contributed by atoms with Crippen LogP contribution in [-0.2, 0) is 0 Å². The average molecular weight is 476 g/mol. The van der Waals surface area contributed by atoms with E-state index in [2.05, 4.69) is 44.0 Å². The first-order valence-electron chi connectivity index (χ1n) is 8.20. The van der Waals surface area contributed by atoms with Crippen molar-refractivity contribution in [2.24, 2.45) is 0 Å². The third kappa shape index (κ3) is 3.10. The molecule has 4 rings (SSSR count). The molecule has 2 N–H and O–H groups in total. The van der Waals surface area contributed by atoms with Crippen molar-refractivity contribution in [1.82, 2.24) is 0 Å². The summed E-state index contributed by atoms with van der Waals surface area (Å²) in [7, 11) is 0. The lowest BCUT2D eigenvalue weighted by Gasteiger charge is -2.20. The summed E-state index contributed by atoms with van der Waals surface area (Å²) in [6, 6.07) is 20.7. The molecule has 1 heterocycles. The largest absolute Gasteiger partial charge is 0.508 e. The van der Waals surface area contributed by atoms with Crippen LogP contribution < -0.4 is 4.74 Å². The lowest BCUT2D eigenvalue weighted by Crippen LogP contribution is -2.11. The van der Waals surface area contributed by atoms with Crippen LogP contribution in [0.25, 0.3) is 0 Å². The van der Waals surface area contributed by atoms with Gasteiger partial charge in [-0.15, -0.1) is 0 Å². The van der Waals surface area contributed by atoms with Crippen LogP contribution in [-0.4, -0.2) is 10.2 Å². The summed E-state index contributed by atoms with van der Waals surface area (Å²) in [5, 5.41) is 19.9. The number of phenols is 2. The van der Waals surface area contributed by atoms with Crippen molar-refractivity contribution in [3.05, 3.63) is 89.0 Å². The Labute approximate surface area is 168 Å². The van der Waals surface area contributed by atoms with Crippen molar-refractivity contribution in [2.45, 2.75) is 15.8 Å². The summed E-state index contributed by atoms with van der Waals surface area (Å²) in [5.41, 5.74) is 3.89. The van der Waals surface area contributed by atoms with Gasteiger partial charge in [-0.3, -0.25) is 0 Å². The maximum absolute atomic E-state index is 10.3. The van der Waals surface area contributed by atoms with E-state index in [4.69, 9.17) is 4.74 Å². The molecule has 0 saturated heterocycles. The number of hydrogen-bond acceptors (Lipinski definition) is 3. The number of rotatable bonds is 3. The first-order valence-corrected chi connectivity index (χ1v) is 10.0. The molecule has 132 valence electrons. The maximum atomic E-state index is 10.3. The van der Waals surface area contributed by atoms with Gasteiger partial charge in [0.25, 0.3) is 0 Å². The predicted molar refractivity (Wildman–Crippen MR) is 108 cm³/mol. The van der Waals surface area contributed by atoms with E-state index in [1.54, 1.807) is 24.3 Å². The van der Waals surface area contributed by atoms with Crippen molar-refractivity contribution >= 4 is 31.9 Å². The lowest BCUT2D eigenvalue weighted by atomic mass is 9.84. The summed E-state index contributed by atoms with van der Waals surface area (Å²) in [5.74, 6) is 1.15. The predicted octanol–water partition coefficient (Wildman–Crippen LogP) is 6.15. The Morgan fingerprint density at radius 3 is 2.15 bits per heavy atom. The van der Waals surface area contributed by atoms with Gasteiger partial charge in [-0.1, -0.05) is 74.3 Å². The van der Waals surface area contributed by atoms with E-state index < -0.39 is 0 Å². The van der Waals surface area contributed by atoms with Crippen LogP contribution in [0.5, 0.6) is 17.2 Å². The van der Waals surface area contributed by atoms with Gasteiger partial charge in [0.1, 0.15) is 23.4 Å². The number of fused-ring (bicyclic) bond motifs is 1. The Morgan fingerprint density at radius 2 is 1.50 bits per heavy atom. The number of aromatic hydroxyl groups is 2. The lowest BCUT2D eigenvalue weighted by molar-refractivity contribution is 0.221. The maximum Gasteiger partial charge on any atom is 0.135 e. The molecule has 0 saturated carbocycles. The van der Waals surface area contributed by atoms with Gasteiger partial charge >= 0.3 is 0 Å². The molecule has 3 nitrogen and oxygen atoms in total. The number of phenolic OH excluding ortho intramolecular Hbond substituents is 2. The van der Waals surface area contributed by atoms with Gasteiger partial charge in [0.05, 0.1) is 9.65 Å². The van der Waals surface area contributed by atoms with Crippen LogP contribution in [0.15, 0.2) is 66.7 Å². The van der Waals surface area contributed by atoms with Crippen LogP contribution in [0.4, 0.5) is 0 Å². The zero-order valence-corrected chi connectivity index (χ0v) is 16.8. The summed E-state index contributed by atoms with van der Waals surface area (Å²) in [6.45, 7) is 0. The minimum absolute atomic E-state index is 0.0552. The normalized spacial score (nSPS) is 18.6. The molecule has 0 aliphatic carbocycles. The monoisotopic (exact) mass is 474 g/mol. The van der Waals surface area contributed by atoms with Crippen molar-refractivity contribution in [3.8, 4) is 17.2 Å². The van der Waals surface area contributed by atoms with Crippen molar-refractivity contribution in [3.63, 3.8) is 0 Å². The highest BCUT2D eigenvalue weighted by molar-refractivity contribution is 9.24. The standard InChI is InChI=1S/C21H16Br2O3/c22-21(23)17-11-15(25)10-16-18(12-4-2-1-3-5-12)19(26-20(16)17)13-6-8-14(24)9-7-13/h1-11,18-19,21,24-25H. The third-order valence-corrected chi connectivity index (χ3v) is 5.62. The molecule has 0 radical (unpaired) electrons. The van der Waals surface area contributed by atoms with E-state index in [1.807, 2.05) is 30.3 Å². The molecule has 2 unspecified atom stereocenters. The number of halogens is 2. The topological polar surface area (TPSA) is 49.7 Å². The van der Waals surface area contributed by atoms with Gasteiger partial charge in [-0.05, 0) is 35.4 Å². The van der Waals surface area contributed by atoms with E-state index in [9.17, 15) is 10.2 Å². The number of hydrogen-bond donors (Lipinski definition) is 2. The molecule has 0 spiro atoms. The summed E-state index contributed by atoms with van der Waals surface area (Å²) in [4.78, 5) is 0. The van der Waals surface area contributed by atoms with Crippen molar-refractivity contribution in [2.75, 3.05) is 0 Å². The number of alkyl halides is 2. The molecule has 0 aromatic heterocycles. The fraction of sp³-hybridized carbons (Fsp3) is 0.143. The molecule has 3 aromatic rings. The highest BCUT2D eigenvalue weighted by atomic mass is 79.9. The molecule has 5 heteroatoms. The summed E-state index contributed by atoms with van der Waals surface area (Å²) < 4.78 is 6.26. The number of ether oxygens (including phenoxy) is 1. The van der Waals surface area contributed by atoms with Crippen LogP contribution in [0.1, 0.15) is 38.0 Å². The second-order valence-corrected chi connectivity index (χ2v) is 9.33. The van der Waals surface area contributed by atoms with E-state index >= 15 is 0 Å². The van der Waals surface area contributed by atoms with Crippen LogP contribution in [0.3, 0.4) is 0 Å². The van der Waals surface area contributed by atoms with Gasteiger partial charge in [0.15, 0.2) is 0 Å². The Kier molecular flexibility index (Phi) is 4.67. The molecule has 3 aromatic carbocycles. The molecule has 0 bridgehead atoms. The van der Waals surface area contributed by atoms with E-state index in [1.165, 1.54) is 0 Å². The average Bonchev–Trinajstić information content (AvgIpc) is 3.01. The van der Waals surface area contributed by atoms with Gasteiger partial charge in [0.2, 0.25) is 0 Å². The highest BCUT2D eigenvalue weighted by Gasteiger charge is 2.39. The summed E-state index contributed by atoms with van der Waals surface area (Å²) >= 11 is 7.05. The fourth-order valence-corrected chi connectivity index (χ4v) is 4.16. The number of benzene rings is 3. The van der Waals surface area contributed by atoms with E-state index in [-0.39, 0.29) is 27.3 Å². The second-order valence-electron chi connectivity index (χ2n) is 6.27. The van der Waals surface area contributed by atoms with Gasteiger partial charge in [-0.2, -0.15) is 0 Å². The molecule has 0 amide bonds. The Hall–Kier alpha value is -1.98. The fourth-order valence-electron chi connectivity index (χ4n) is 3.48. The van der Waals surface area contributed by atoms with E-state index in [0.29, 0.717) is 0 Å². The molecule has 26 heavy (non-hydrogen) atoms. The SMILES string of the molecule is Oc1ccc(C2Oc3c(C(Br)Br)cc(O)cc3C2c2ccccc2)cc1. The van der Waals surface area contributed by atoms with E-state index in [0.717, 1.165) is 28.0 Å². The zero-order valence-electron chi connectivity index (χ0n) is 13.6. The van der Waals surface area contributed by atoms with Gasteiger partial charge < -0.3 is 14.9 Å². The van der Waals surface area contributed by atoms with Gasteiger partial charge in [0, 0.05) is 11.1 Å². The summed E-state index contributed by atoms with van der Waals surface area (Å²) in [6.07, 6.45) is -0.243. The van der Waals surface area contributed by atoms with Crippen molar-refractivity contribution < 1.29 is 14.9 Å². The quantitative estimate of drug-likeness (QED) is 0.446. The third-order valence-electron chi connectivity index (χ3n) is 4.63. The second kappa shape index (κ2) is 6.97. The first-order chi connectivity index (χ1) is 12.5. The molecule has 0 fully saturated rings.